The second kappa shape index (κ2) is 5.29. The number of amides is 1. The van der Waals surface area contributed by atoms with Crippen LogP contribution in [-0.4, -0.2) is 41.6 Å². The van der Waals surface area contributed by atoms with Gasteiger partial charge in [-0.05, 0) is 39.0 Å². The molecule has 2 heterocycles. The van der Waals surface area contributed by atoms with Gasteiger partial charge < -0.3 is 14.8 Å². The number of fused-ring (bicyclic) bond motifs is 1. The Bertz CT molecular complexity index is 624. The van der Waals surface area contributed by atoms with E-state index in [9.17, 15) is 4.79 Å². The van der Waals surface area contributed by atoms with E-state index in [1.165, 1.54) is 0 Å². The molecule has 1 aliphatic heterocycles. The normalized spacial score (nSPS) is 17.5. The molecule has 4 nitrogen and oxygen atoms in total. The molecule has 0 bridgehead atoms. The summed E-state index contributed by atoms with van der Waals surface area (Å²) in [4.78, 5) is 14.8. The molecule has 4 heteroatoms. The Morgan fingerprint density at radius 2 is 1.90 bits per heavy atom. The molecule has 20 heavy (non-hydrogen) atoms. The molecule has 0 atom stereocenters. The summed E-state index contributed by atoms with van der Waals surface area (Å²) in [5.41, 5.74) is 1.88. The van der Waals surface area contributed by atoms with Crippen molar-refractivity contribution in [1.82, 2.24) is 14.8 Å². The fraction of sp³-hybridized carbons (Fsp3) is 0.438. The largest absolute Gasteiger partial charge is 0.350 e. The van der Waals surface area contributed by atoms with Crippen LogP contribution in [0.15, 0.2) is 30.5 Å². The van der Waals surface area contributed by atoms with Crippen LogP contribution in [0.5, 0.6) is 0 Å². The molecule has 0 spiro atoms. The maximum atomic E-state index is 12.5. The summed E-state index contributed by atoms with van der Waals surface area (Å²) in [7, 11) is 4.11. The zero-order chi connectivity index (χ0) is 14.1. The van der Waals surface area contributed by atoms with Crippen molar-refractivity contribution in [3.8, 4) is 0 Å². The number of para-hydroxylation sites is 1. The Balaban J connectivity index is 1.79. The lowest BCUT2D eigenvalue weighted by atomic mass is 10.0. The van der Waals surface area contributed by atoms with Crippen molar-refractivity contribution in [2.24, 2.45) is 7.05 Å². The predicted molar refractivity (Wildman–Crippen MR) is 80.9 cm³/mol. The highest BCUT2D eigenvalue weighted by molar-refractivity contribution is 6.07. The van der Waals surface area contributed by atoms with Crippen LogP contribution >= 0.6 is 0 Å². The number of carbonyl (C=O) groups is 1. The average molecular weight is 271 g/mol. The number of benzene rings is 1. The van der Waals surface area contributed by atoms with E-state index < -0.39 is 0 Å². The Hall–Kier alpha value is -1.81. The number of aromatic nitrogens is 1. The standard InChI is InChI=1S/C16H21N3O/c1-18-9-7-12(8-10-18)17-16(20)14-11-19(2)15-6-4-3-5-13(14)15/h3-6,11-12H,7-10H2,1-2H3,(H,17,20). The number of aryl methyl sites for hydroxylation is 1. The van der Waals surface area contributed by atoms with Crippen molar-refractivity contribution in [3.63, 3.8) is 0 Å². The van der Waals surface area contributed by atoms with E-state index in [0.717, 1.165) is 42.4 Å². The summed E-state index contributed by atoms with van der Waals surface area (Å²) in [5.74, 6) is 0.0522. The van der Waals surface area contributed by atoms with Gasteiger partial charge in [0.1, 0.15) is 0 Å². The Morgan fingerprint density at radius 3 is 2.65 bits per heavy atom. The topological polar surface area (TPSA) is 37.3 Å². The zero-order valence-corrected chi connectivity index (χ0v) is 12.1. The summed E-state index contributed by atoms with van der Waals surface area (Å²) in [5, 5.41) is 4.21. The van der Waals surface area contributed by atoms with Gasteiger partial charge in [0.25, 0.3) is 5.91 Å². The minimum absolute atomic E-state index is 0.0522. The smallest absolute Gasteiger partial charge is 0.253 e. The van der Waals surface area contributed by atoms with E-state index in [2.05, 4.69) is 17.3 Å². The van der Waals surface area contributed by atoms with Gasteiger partial charge in [-0.3, -0.25) is 4.79 Å². The molecule has 3 rings (SSSR count). The lowest BCUT2D eigenvalue weighted by Gasteiger charge is -2.29. The number of rotatable bonds is 2. The third-order valence-electron chi connectivity index (χ3n) is 4.20. The first kappa shape index (κ1) is 13.2. The van der Waals surface area contributed by atoms with Gasteiger partial charge in [0, 0.05) is 30.2 Å². The molecular formula is C16H21N3O. The van der Waals surface area contributed by atoms with E-state index in [1.807, 2.05) is 42.1 Å². The fourth-order valence-corrected chi connectivity index (χ4v) is 2.94. The summed E-state index contributed by atoms with van der Waals surface area (Å²) in [6.45, 7) is 2.11. The number of hydrogen-bond acceptors (Lipinski definition) is 2. The van der Waals surface area contributed by atoms with E-state index in [-0.39, 0.29) is 5.91 Å². The summed E-state index contributed by atoms with van der Waals surface area (Å²) < 4.78 is 2.01. The number of carbonyl (C=O) groups excluding carboxylic acids is 1. The van der Waals surface area contributed by atoms with Crippen molar-refractivity contribution in [2.45, 2.75) is 18.9 Å². The van der Waals surface area contributed by atoms with Gasteiger partial charge in [0.2, 0.25) is 0 Å². The minimum atomic E-state index is 0.0522. The molecule has 1 fully saturated rings. The number of likely N-dealkylation sites (tertiary alicyclic amines) is 1. The molecular weight excluding hydrogens is 250 g/mol. The predicted octanol–water partition coefficient (Wildman–Crippen LogP) is 2.00. The maximum Gasteiger partial charge on any atom is 0.253 e. The quantitative estimate of drug-likeness (QED) is 0.907. The monoisotopic (exact) mass is 271 g/mol. The Kier molecular flexibility index (Phi) is 3.49. The van der Waals surface area contributed by atoms with E-state index in [0.29, 0.717) is 6.04 Å². The average Bonchev–Trinajstić information content (AvgIpc) is 2.79. The second-order valence-corrected chi connectivity index (χ2v) is 5.72. The van der Waals surface area contributed by atoms with Crippen molar-refractivity contribution in [3.05, 3.63) is 36.0 Å². The molecule has 1 amide bonds. The number of hydrogen-bond donors (Lipinski definition) is 1. The lowest BCUT2D eigenvalue weighted by Crippen LogP contribution is -2.43. The Morgan fingerprint density at radius 1 is 1.20 bits per heavy atom. The van der Waals surface area contributed by atoms with Gasteiger partial charge in [-0.1, -0.05) is 18.2 Å². The van der Waals surface area contributed by atoms with Crippen LogP contribution in [0.4, 0.5) is 0 Å². The highest BCUT2D eigenvalue weighted by Gasteiger charge is 2.20. The molecule has 1 saturated heterocycles. The van der Waals surface area contributed by atoms with Gasteiger partial charge in [-0.25, -0.2) is 0 Å². The van der Waals surface area contributed by atoms with Gasteiger partial charge in [-0.2, -0.15) is 0 Å². The van der Waals surface area contributed by atoms with Crippen LogP contribution in [-0.2, 0) is 7.05 Å². The first-order valence-corrected chi connectivity index (χ1v) is 7.18. The van der Waals surface area contributed by atoms with Gasteiger partial charge >= 0.3 is 0 Å². The number of piperidine rings is 1. The Labute approximate surface area is 119 Å². The molecule has 1 aliphatic rings. The van der Waals surface area contributed by atoms with Crippen molar-refractivity contribution >= 4 is 16.8 Å². The van der Waals surface area contributed by atoms with Crippen molar-refractivity contribution in [2.75, 3.05) is 20.1 Å². The molecule has 0 radical (unpaired) electrons. The lowest BCUT2D eigenvalue weighted by molar-refractivity contribution is 0.0918. The van der Waals surface area contributed by atoms with E-state index >= 15 is 0 Å². The summed E-state index contributed by atoms with van der Waals surface area (Å²) in [6, 6.07) is 8.34. The highest BCUT2D eigenvalue weighted by Crippen LogP contribution is 2.20. The van der Waals surface area contributed by atoms with Crippen LogP contribution < -0.4 is 5.32 Å². The second-order valence-electron chi connectivity index (χ2n) is 5.72. The van der Waals surface area contributed by atoms with Crippen LogP contribution in [0.2, 0.25) is 0 Å². The van der Waals surface area contributed by atoms with E-state index in [1.54, 1.807) is 0 Å². The zero-order valence-electron chi connectivity index (χ0n) is 12.1. The molecule has 2 aromatic rings. The molecule has 1 aromatic carbocycles. The first-order valence-electron chi connectivity index (χ1n) is 7.18. The fourth-order valence-electron chi connectivity index (χ4n) is 2.94. The third-order valence-corrected chi connectivity index (χ3v) is 4.20. The van der Waals surface area contributed by atoms with E-state index in [4.69, 9.17) is 0 Å². The van der Waals surface area contributed by atoms with Crippen LogP contribution in [0.25, 0.3) is 10.9 Å². The van der Waals surface area contributed by atoms with Gasteiger partial charge in [0.05, 0.1) is 5.56 Å². The highest BCUT2D eigenvalue weighted by atomic mass is 16.1. The molecule has 0 unspecified atom stereocenters. The molecule has 106 valence electrons. The van der Waals surface area contributed by atoms with Crippen molar-refractivity contribution in [1.29, 1.82) is 0 Å². The van der Waals surface area contributed by atoms with Crippen molar-refractivity contribution < 1.29 is 4.79 Å². The maximum absolute atomic E-state index is 12.5. The number of nitrogens with zero attached hydrogens (tertiary/aromatic N) is 2. The van der Waals surface area contributed by atoms with Crippen LogP contribution in [0, 0.1) is 0 Å². The molecule has 0 aliphatic carbocycles. The van der Waals surface area contributed by atoms with Gasteiger partial charge in [0.15, 0.2) is 0 Å². The van der Waals surface area contributed by atoms with Gasteiger partial charge in [-0.15, -0.1) is 0 Å². The molecule has 1 aromatic heterocycles. The summed E-state index contributed by atoms with van der Waals surface area (Å²) >= 11 is 0. The number of nitrogens with one attached hydrogen (secondary N) is 1. The minimum Gasteiger partial charge on any atom is -0.350 e. The van der Waals surface area contributed by atoms with Crippen LogP contribution in [0.3, 0.4) is 0 Å². The molecule has 1 N–H and O–H groups in total. The third kappa shape index (κ3) is 2.43. The summed E-state index contributed by atoms with van der Waals surface area (Å²) in [6.07, 6.45) is 4.00. The first-order chi connectivity index (χ1) is 9.65. The SMILES string of the molecule is CN1CCC(NC(=O)c2cn(C)c3ccccc23)CC1. The molecule has 0 saturated carbocycles. The van der Waals surface area contributed by atoms with Crippen LogP contribution in [0.1, 0.15) is 23.2 Å².